The number of carbonyl (C=O) groups is 2. The van der Waals surface area contributed by atoms with Crippen molar-refractivity contribution >= 4 is 11.9 Å². The maximum atomic E-state index is 12.5. The van der Waals surface area contributed by atoms with E-state index in [0.29, 0.717) is 12.8 Å². The minimum atomic E-state index is -0.627. The number of fused-ring (bicyclic) bond motifs is 3. The van der Waals surface area contributed by atoms with Crippen molar-refractivity contribution in [1.29, 1.82) is 0 Å². The van der Waals surface area contributed by atoms with Gasteiger partial charge in [-0.25, -0.2) is 0 Å². The summed E-state index contributed by atoms with van der Waals surface area (Å²) < 4.78 is 10.7. The van der Waals surface area contributed by atoms with Gasteiger partial charge >= 0.3 is 11.9 Å². The second-order valence-corrected chi connectivity index (χ2v) is 7.10. The Kier molecular flexibility index (Phi) is 7.19. The van der Waals surface area contributed by atoms with Gasteiger partial charge in [0.05, 0.1) is 12.3 Å². The minimum Gasteiger partial charge on any atom is -0.465 e. The van der Waals surface area contributed by atoms with Crippen LogP contribution >= 0.6 is 0 Å². The molecule has 152 valence electrons. The number of aliphatic hydroxyl groups excluding tert-OH is 1. The highest BCUT2D eigenvalue weighted by molar-refractivity contribution is 5.81. The first-order valence-electron chi connectivity index (χ1n) is 9.88. The Balaban J connectivity index is 1.65. The molecule has 0 radical (unpaired) electrons. The molecule has 1 aliphatic carbocycles. The largest absolute Gasteiger partial charge is 0.465 e. The van der Waals surface area contributed by atoms with Crippen molar-refractivity contribution < 1.29 is 24.2 Å². The van der Waals surface area contributed by atoms with Crippen LogP contribution in [-0.2, 0) is 19.1 Å². The van der Waals surface area contributed by atoms with E-state index in [1.54, 1.807) is 0 Å². The Morgan fingerprint density at radius 1 is 1.03 bits per heavy atom. The van der Waals surface area contributed by atoms with Gasteiger partial charge in [-0.2, -0.15) is 0 Å². The quantitative estimate of drug-likeness (QED) is 0.489. The van der Waals surface area contributed by atoms with Crippen LogP contribution in [0.4, 0.5) is 0 Å². The lowest BCUT2D eigenvalue weighted by Crippen LogP contribution is -2.23. The smallest absolute Gasteiger partial charge is 0.309 e. The summed E-state index contributed by atoms with van der Waals surface area (Å²) >= 11 is 0. The summed E-state index contributed by atoms with van der Waals surface area (Å²) in [6.45, 7) is 3.79. The van der Waals surface area contributed by atoms with E-state index >= 15 is 0 Å². The predicted octanol–water partition coefficient (Wildman–Crippen LogP) is 3.85. The molecule has 0 saturated carbocycles. The lowest BCUT2D eigenvalue weighted by Gasteiger charge is -2.17. The van der Waals surface area contributed by atoms with Crippen LogP contribution in [-0.4, -0.2) is 36.9 Å². The van der Waals surface area contributed by atoms with Crippen LogP contribution in [0.5, 0.6) is 0 Å². The number of hydrogen-bond acceptors (Lipinski definition) is 5. The van der Waals surface area contributed by atoms with Crippen molar-refractivity contribution in [3.8, 4) is 11.1 Å². The summed E-state index contributed by atoms with van der Waals surface area (Å²) in [5.41, 5.74) is 4.61. The van der Waals surface area contributed by atoms with Gasteiger partial charge in [-0.15, -0.1) is 0 Å². The van der Waals surface area contributed by atoms with Crippen molar-refractivity contribution in [2.24, 2.45) is 5.92 Å². The molecule has 0 bridgehead atoms. The zero-order valence-electron chi connectivity index (χ0n) is 16.4. The molecule has 1 atom stereocenters. The van der Waals surface area contributed by atoms with Crippen LogP contribution in [0.15, 0.2) is 61.2 Å². The molecule has 5 nitrogen and oxygen atoms in total. The molecule has 2 aromatic rings. The molecule has 0 heterocycles. The Morgan fingerprint density at radius 2 is 1.66 bits per heavy atom. The molecule has 1 aliphatic rings. The van der Waals surface area contributed by atoms with Crippen molar-refractivity contribution in [2.45, 2.75) is 25.2 Å². The highest BCUT2D eigenvalue weighted by atomic mass is 16.5. The molecule has 0 aliphatic heterocycles. The molecule has 2 aromatic carbocycles. The summed E-state index contributed by atoms with van der Waals surface area (Å²) in [5.74, 6) is -1.55. The molecular formula is C24H26O5. The van der Waals surface area contributed by atoms with Gasteiger partial charge in [0.15, 0.2) is 0 Å². The Morgan fingerprint density at radius 3 is 2.24 bits per heavy atom. The van der Waals surface area contributed by atoms with Gasteiger partial charge in [0.1, 0.15) is 13.2 Å². The first-order valence-corrected chi connectivity index (χ1v) is 9.88. The highest BCUT2D eigenvalue weighted by Crippen LogP contribution is 2.44. The summed E-state index contributed by atoms with van der Waals surface area (Å²) in [6, 6.07) is 16.3. The zero-order valence-corrected chi connectivity index (χ0v) is 16.4. The third kappa shape index (κ3) is 4.93. The number of rotatable bonds is 10. The van der Waals surface area contributed by atoms with Gasteiger partial charge in [-0.3, -0.25) is 9.59 Å². The molecule has 0 aromatic heterocycles. The number of carbonyl (C=O) groups excluding carboxylic acids is 2. The predicted molar refractivity (Wildman–Crippen MR) is 110 cm³/mol. The van der Waals surface area contributed by atoms with Gasteiger partial charge in [0, 0.05) is 12.5 Å². The van der Waals surface area contributed by atoms with Gasteiger partial charge in [0.2, 0.25) is 0 Å². The first-order chi connectivity index (χ1) is 14.2. The number of benzene rings is 2. The number of hydrogen-bond donors (Lipinski definition) is 1. The maximum Gasteiger partial charge on any atom is 0.309 e. The van der Waals surface area contributed by atoms with Gasteiger partial charge in [0.25, 0.3) is 0 Å². The van der Waals surface area contributed by atoms with E-state index in [-0.39, 0.29) is 32.2 Å². The van der Waals surface area contributed by atoms with Crippen molar-refractivity contribution in [2.75, 3.05) is 19.8 Å². The Bertz CT molecular complexity index is 828. The van der Waals surface area contributed by atoms with E-state index in [4.69, 9.17) is 14.6 Å². The fraction of sp³-hybridized carbons (Fsp3) is 0.333. The zero-order chi connectivity index (χ0) is 20.6. The van der Waals surface area contributed by atoms with Crippen molar-refractivity contribution in [3.63, 3.8) is 0 Å². The lowest BCUT2D eigenvalue weighted by molar-refractivity contribution is -0.155. The molecule has 0 saturated heterocycles. The van der Waals surface area contributed by atoms with E-state index in [1.807, 2.05) is 24.3 Å². The first kappa shape index (κ1) is 20.8. The normalized spacial score (nSPS) is 13.3. The third-order valence-electron chi connectivity index (χ3n) is 5.17. The van der Waals surface area contributed by atoms with Crippen molar-refractivity contribution in [1.82, 2.24) is 0 Å². The highest BCUT2D eigenvalue weighted by Gasteiger charge is 2.30. The minimum absolute atomic E-state index is 0.0186. The number of esters is 2. The van der Waals surface area contributed by atoms with Crippen LogP contribution in [0.3, 0.4) is 0 Å². The van der Waals surface area contributed by atoms with Crippen LogP contribution in [0.2, 0.25) is 0 Å². The van der Waals surface area contributed by atoms with Crippen LogP contribution in [0, 0.1) is 5.92 Å². The molecule has 5 heteroatoms. The monoisotopic (exact) mass is 394 g/mol. The van der Waals surface area contributed by atoms with E-state index in [1.165, 1.54) is 6.08 Å². The fourth-order valence-corrected chi connectivity index (χ4v) is 3.78. The maximum absolute atomic E-state index is 12.5. The number of ether oxygens (including phenoxy) is 2. The van der Waals surface area contributed by atoms with E-state index in [9.17, 15) is 9.59 Å². The average Bonchev–Trinajstić information content (AvgIpc) is 3.07. The lowest BCUT2D eigenvalue weighted by atomic mass is 9.97. The van der Waals surface area contributed by atoms with Crippen LogP contribution in [0.25, 0.3) is 11.1 Å². The number of aliphatic hydroxyl groups is 1. The second kappa shape index (κ2) is 10.0. The molecule has 0 amide bonds. The SMILES string of the molecule is C=CCOC(=O)[C@H](CCCO)CC(=O)OCC1c2ccccc2-c2ccccc21. The standard InChI is InChI=1S/C24H26O5/c1-2-14-28-24(27)17(8-7-13-25)15-23(26)29-16-22-20-11-5-3-9-18(20)19-10-4-6-12-21(19)22/h2-6,9-12,17,22,25H,1,7-8,13-16H2/t17-/m1/s1. The second-order valence-electron chi connectivity index (χ2n) is 7.10. The molecule has 1 N–H and O–H groups in total. The molecule has 0 fully saturated rings. The van der Waals surface area contributed by atoms with Crippen molar-refractivity contribution in [3.05, 3.63) is 72.3 Å². The van der Waals surface area contributed by atoms with E-state index < -0.39 is 17.9 Å². The van der Waals surface area contributed by atoms with Gasteiger partial charge in [-0.05, 0) is 35.1 Å². The fourth-order valence-electron chi connectivity index (χ4n) is 3.78. The van der Waals surface area contributed by atoms with E-state index in [2.05, 4.69) is 30.8 Å². The van der Waals surface area contributed by atoms with Gasteiger partial charge < -0.3 is 14.6 Å². The Hall–Kier alpha value is -2.92. The molecular weight excluding hydrogens is 368 g/mol. The topological polar surface area (TPSA) is 72.8 Å². The summed E-state index contributed by atoms with van der Waals surface area (Å²) in [7, 11) is 0. The molecule has 0 spiro atoms. The average molecular weight is 394 g/mol. The molecule has 3 rings (SSSR count). The summed E-state index contributed by atoms with van der Waals surface area (Å²) in [4.78, 5) is 24.6. The van der Waals surface area contributed by atoms with E-state index in [0.717, 1.165) is 22.3 Å². The van der Waals surface area contributed by atoms with Crippen LogP contribution in [0.1, 0.15) is 36.3 Å². The molecule has 0 unspecified atom stereocenters. The Labute approximate surface area is 171 Å². The third-order valence-corrected chi connectivity index (χ3v) is 5.17. The summed E-state index contributed by atoms with van der Waals surface area (Å²) in [6.07, 6.45) is 2.21. The van der Waals surface area contributed by atoms with Crippen LogP contribution < -0.4 is 0 Å². The molecule has 29 heavy (non-hydrogen) atoms. The summed E-state index contributed by atoms with van der Waals surface area (Å²) in [5, 5.41) is 9.06. The van der Waals surface area contributed by atoms with Gasteiger partial charge in [-0.1, -0.05) is 61.2 Å².